The fourth-order valence-corrected chi connectivity index (χ4v) is 4.09. The van der Waals surface area contributed by atoms with Gasteiger partial charge in [-0.05, 0) is 44.2 Å². The van der Waals surface area contributed by atoms with Crippen molar-refractivity contribution in [2.45, 2.75) is 19.9 Å². The van der Waals surface area contributed by atoms with Crippen LogP contribution in [0.1, 0.15) is 19.9 Å². The molecule has 8 nitrogen and oxygen atoms in total. The van der Waals surface area contributed by atoms with Crippen molar-refractivity contribution in [1.29, 1.82) is 0 Å². The third-order valence-corrected chi connectivity index (χ3v) is 5.85. The Morgan fingerprint density at radius 2 is 1.71 bits per heavy atom. The molecule has 5 rings (SSSR count). The highest BCUT2D eigenvalue weighted by molar-refractivity contribution is 5.81. The van der Waals surface area contributed by atoms with E-state index in [1.165, 1.54) is 0 Å². The number of fused-ring (bicyclic) bond motifs is 2. The zero-order chi connectivity index (χ0) is 21.5. The molecule has 8 heteroatoms. The summed E-state index contributed by atoms with van der Waals surface area (Å²) >= 11 is 0. The van der Waals surface area contributed by atoms with Crippen LogP contribution in [0.15, 0.2) is 64.6 Å². The topological polar surface area (TPSA) is 75.7 Å². The number of hydrogen-bond donors (Lipinski definition) is 0. The molecule has 0 radical (unpaired) electrons. The number of pyridine rings is 1. The van der Waals surface area contributed by atoms with E-state index in [4.69, 9.17) is 0 Å². The average Bonchev–Trinajstić information content (AvgIpc) is 2.79. The summed E-state index contributed by atoms with van der Waals surface area (Å²) in [7, 11) is 0. The summed E-state index contributed by atoms with van der Waals surface area (Å²) in [6, 6.07) is 13.1. The molecular formula is C23H24N6O2. The van der Waals surface area contributed by atoms with Gasteiger partial charge in [-0.1, -0.05) is 6.07 Å². The zero-order valence-electron chi connectivity index (χ0n) is 17.6. The predicted molar refractivity (Wildman–Crippen MR) is 122 cm³/mol. The first-order valence-corrected chi connectivity index (χ1v) is 10.5. The van der Waals surface area contributed by atoms with Gasteiger partial charge in [0.05, 0.1) is 17.2 Å². The molecule has 0 saturated carbocycles. The Morgan fingerprint density at radius 1 is 0.935 bits per heavy atom. The lowest BCUT2D eigenvalue weighted by Crippen LogP contribution is -2.47. The molecule has 0 bridgehead atoms. The highest BCUT2D eigenvalue weighted by Gasteiger charge is 2.20. The van der Waals surface area contributed by atoms with Gasteiger partial charge < -0.3 is 9.80 Å². The Hall–Kier alpha value is -3.68. The number of benzene rings is 1. The Labute approximate surface area is 179 Å². The Morgan fingerprint density at radius 3 is 2.48 bits per heavy atom. The van der Waals surface area contributed by atoms with Crippen LogP contribution in [-0.2, 0) is 0 Å². The standard InChI is InChI=1S/C23H24N6O2/c1-16(2)29-15-24-19-13-17(6-7-18(19)23(29)31)26-9-11-27(12-10-26)21-14-22(30)28-8-4-3-5-20(28)25-21/h3-8,13-16H,9-12H2,1-2H3. The molecule has 1 aliphatic rings. The van der Waals surface area contributed by atoms with Crippen molar-refractivity contribution in [2.75, 3.05) is 36.0 Å². The molecule has 1 saturated heterocycles. The molecule has 3 aromatic heterocycles. The fraction of sp³-hybridized carbons (Fsp3) is 0.304. The lowest BCUT2D eigenvalue weighted by molar-refractivity contribution is 0.573. The first-order valence-electron chi connectivity index (χ1n) is 10.5. The molecular weight excluding hydrogens is 392 g/mol. The number of rotatable bonds is 3. The maximum Gasteiger partial charge on any atom is 0.261 e. The summed E-state index contributed by atoms with van der Waals surface area (Å²) in [4.78, 5) is 38.6. The second kappa shape index (κ2) is 7.54. The summed E-state index contributed by atoms with van der Waals surface area (Å²) in [5.74, 6) is 0.713. The molecule has 0 atom stereocenters. The molecule has 1 aromatic carbocycles. The van der Waals surface area contributed by atoms with Gasteiger partial charge in [-0.2, -0.15) is 0 Å². The Balaban J connectivity index is 1.37. The van der Waals surface area contributed by atoms with E-state index in [9.17, 15) is 9.59 Å². The summed E-state index contributed by atoms with van der Waals surface area (Å²) < 4.78 is 3.20. The van der Waals surface area contributed by atoms with E-state index in [0.717, 1.165) is 31.9 Å². The van der Waals surface area contributed by atoms with Gasteiger partial charge in [-0.15, -0.1) is 0 Å². The van der Waals surface area contributed by atoms with E-state index >= 15 is 0 Å². The summed E-state index contributed by atoms with van der Waals surface area (Å²) in [5, 5.41) is 0.638. The fourth-order valence-electron chi connectivity index (χ4n) is 4.09. The lowest BCUT2D eigenvalue weighted by Gasteiger charge is -2.36. The van der Waals surface area contributed by atoms with Crippen LogP contribution >= 0.6 is 0 Å². The highest BCUT2D eigenvalue weighted by Crippen LogP contribution is 2.22. The van der Waals surface area contributed by atoms with Crippen molar-refractivity contribution in [3.05, 3.63) is 75.7 Å². The molecule has 0 amide bonds. The van der Waals surface area contributed by atoms with Crippen LogP contribution < -0.4 is 20.9 Å². The van der Waals surface area contributed by atoms with Gasteiger partial charge >= 0.3 is 0 Å². The van der Waals surface area contributed by atoms with E-state index < -0.39 is 0 Å². The monoisotopic (exact) mass is 416 g/mol. The maximum atomic E-state index is 12.6. The molecule has 0 spiro atoms. The molecule has 0 N–H and O–H groups in total. The minimum atomic E-state index is -0.0734. The first kappa shape index (κ1) is 19.3. The van der Waals surface area contributed by atoms with Gasteiger partial charge in [0.25, 0.3) is 11.1 Å². The molecule has 0 unspecified atom stereocenters. The zero-order valence-corrected chi connectivity index (χ0v) is 17.6. The summed E-state index contributed by atoms with van der Waals surface area (Å²) in [6.45, 7) is 7.06. The van der Waals surface area contributed by atoms with Crippen molar-refractivity contribution in [1.82, 2.24) is 18.9 Å². The smallest absolute Gasteiger partial charge is 0.261 e. The van der Waals surface area contributed by atoms with Crippen LogP contribution in [0.3, 0.4) is 0 Å². The molecule has 31 heavy (non-hydrogen) atoms. The highest BCUT2D eigenvalue weighted by atomic mass is 16.1. The molecule has 158 valence electrons. The van der Waals surface area contributed by atoms with Crippen molar-refractivity contribution >= 4 is 28.1 Å². The van der Waals surface area contributed by atoms with E-state index in [0.29, 0.717) is 22.4 Å². The molecule has 4 heterocycles. The van der Waals surface area contributed by atoms with Crippen LogP contribution in [0, 0.1) is 0 Å². The molecule has 4 aromatic rings. The number of aromatic nitrogens is 4. The van der Waals surface area contributed by atoms with Gasteiger partial charge in [-0.3, -0.25) is 18.6 Å². The molecule has 1 fully saturated rings. The number of nitrogens with zero attached hydrogens (tertiary/aromatic N) is 6. The normalized spacial score (nSPS) is 14.7. The minimum Gasteiger partial charge on any atom is -0.368 e. The van der Waals surface area contributed by atoms with Gasteiger partial charge in [0.15, 0.2) is 0 Å². The maximum absolute atomic E-state index is 12.6. The van der Waals surface area contributed by atoms with Gasteiger partial charge in [0, 0.05) is 50.2 Å². The minimum absolute atomic E-state index is 0.00923. The second-order valence-electron chi connectivity index (χ2n) is 8.11. The van der Waals surface area contributed by atoms with E-state index in [1.807, 2.05) is 50.2 Å². The Kier molecular flexibility index (Phi) is 4.69. The molecule has 1 aliphatic heterocycles. The van der Waals surface area contributed by atoms with E-state index in [2.05, 4.69) is 19.8 Å². The van der Waals surface area contributed by atoms with Gasteiger partial charge in [0.2, 0.25) is 0 Å². The van der Waals surface area contributed by atoms with Crippen LogP contribution in [0.2, 0.25) is 0 Å². The number of hydrogen-bond acceptors (Lipinski definition) is 6. The van der Waals surface area contributed by atoms with Crippen LogP contribution in [0.25, 0.3) is 16.6 Å². The van der Waals surface area contributed by atoms with Gasteiger partial charge in [0.1, 0.15) is 11.5 Å². The first-order chi connectivity index (χ1) is 15.0. The van der Waals surface area contributed by atoms with Crippen LogP contribution in [0.4, 0.5) is 11.5 Å². The third-order valence-electron chi connectivity index (χ3n) is 5.85. The second-order valence-corrected chi connectivity index (χ2v) is 8.11. The lowest BCUT2D eigenvalue weighted by atomic mass is 10.2. The van der Waals surface area contributed by atoms with E-state index in [1.54, 1.807) is 27.6 Å². The van der Waals surface area contributed by atoms with Crippen molar-refractivity contribution < 1.29 is 0 Å². The SMILES string of the molecule is CC(C)n1cnc2cc(N3CCN(c4cc(=O)n5ccccc5n4)CC3)ccc2c1=O. The van der Waals surface area contributed by atoms with Crippen LogP contribution in [-0.4, -0.2) is 45.1 Å². The third kappa shape index (κ3) is 3.43. The summed E-state index contributed by atoms with van der Waals surface area (Å²) in [5.41, 5.74) is 2.33. The number of piperazine rings is 1. The van der Waals surface area contributed by atoms with Crippen molar-refractivity contribution in [3.8, 4) is 0 Å². The summed E-state index contributed by atoms with van der Waals surface area (Å²) in [6.07, 6.45) is 3.36. The van der Waals surface area contributed by atoms with Gasteiger partial charge in [-0.25, -0.2) is 9.97 Å². The number of anilines is 2. The predicted octanol–water partition coefficient (Wildman–Crippen LogP) is 2.31. The van der Waals surface area contributed by atoms with Crippen molar-refractivity contribution in [3.63, 3.8) is 0 Å². The Bertz CT molecular complexity index is 1380. The van der Waals surface area contributed by atoms with Crippen molar-refractivity contribution in [2.24, 2.45) is 0 Å². The molecule has 0 aliphatic carbocycles. The average molecular weight is 416 g/mol. The van der Waals surface area contributed by atoms with E-state index in [-0.39, 0.29) is 17.2 Å². The van der Waals surface area contributed by atoms with Crippen LogP contribution in [0.5, 0.6) is 0 Å². The largest absolute Gasteiger partial charge is 0.368 e. The quantitative estimate of drug-likeness (QED) is 0.510.